The van der Waals surface area contributed by atoms with E-state index in [-0.39, 0.29) is 22.8 Å². The van der Waals surface area contributed by atoms with Crippen LogP contribution in [0, 0.1) is 12.8 Å². The Morgan fingerprint density at radius 1 is 1.00 bits per heavy atom. The third-order valence-electron chi connectivity index (χ3n) is 7.66. The molecule has 11 heteroatoms. The fourth-order valence-electron chi connectivity index (χ4n) is 5.26. The normalized spacial score (nSPS) is 23.9. The van der Waals surface area contributed by atoms with Crippen molar-refractivity contribution in [3.05, 3.63) is 12.0 Å². The van der Waals surface area contributed by atoms with E-state index < -0.39 is 10.0 Å². The van der Waals surface area contributed by atoms with E-state index in [1.807, 2.05) is 9.80 Å². The number of imidazole rings is 1. The minimum absolute atomic E-state index is 0.0712. The smallest absolute Gasteiger partial charge is 0.262 e. The molecule has 1 atom stereocenters. The van der Waals surface area contributed by atoms with Crippen LogP contribution < -0.4 is 0 Å². The van der Waals surface area contributed by atoms with Crippen LogP contribution in [0.1, 0.15) is 44.9 Å². The number of likely N-dealkylation sites (tertiary alicyclic amines) is 1. The summed E-state index contributed by atoms with van der Waals surface area (Å²) in [7, 11) is -1.86. The third-order valence-corrected chi connectivity index (χ3v) is 9.43. The first kappa shape index (κ1) is 25.1. The first-order valence-corrected chi connectivity index (χ1v) is 13.9. The van der Waals surface area contributed by atoms with Crippen LogP contribution in [0.5, 0.6) is 0 Å². The highest BCUT2D eigenvalue weighted by atomic mass is 32.2. The van der Waals surface area contributed by atoms with Crippen LogP contribution >= 0.6 is 0 Å². The van der Waals surface area contributed by atoms with Crippen molar-refractivity contribution in [1.29, 1.82) is 0 Å². The highest BCUT2D eigenvalue weighted by Crippen LogP contribution is 2.25. The average molecular weight is 495 g/mol. The molecule has 4 rings (SSSR count). The van der Waals surface area contributed by atoms with Gasteiger partial charge in [-0.05, 0) is 46.0 Å². The molecule has 3 aliphatic heterocycles. The highest BCUT2D eigenvalue weighted by molar-refractivity contribution is 7.89. The molecule has 3 saturated heterocycles. The minimum atomic E-state index is -3.64. The molecular formula is C23H38N6O4S. The second-order valence-electron chi connectivity index (χ2n) is 9.95. The number of aryl methyl sites for hydroxylation is 2. The van der Waals surface area contributed by atoms with Crippen molar-refractivity contribution in [2.45, 2.75) is 57.0 Å². The van der Waals surface area contributed by atoms with Crippen molar-refractivity contribution in [3.8, 4) is 0 Å². The number of hydrogen-bond donors (Lipinski definition) is 0. The van der Waals surface area contributed by atoms with Crippen LogP contribution in [-0.2, 0) is 26.7 Å². The molecule has 10 nitrogen and oxygen atoms in total. The lowest BCUT2D eigenvalue weighted by molar-refractivity contribution is -0.140. The Kier molecular flexibility index (Phi) is 7.63. The molecule has 2 amide bonds. The van der Waals surface area contributed by atoms with Crippen molar-refractivity contribution in [2.24, 2.45) is 13.0 Å². The third kappa shape index (κ3) is 5.31. The topological polar surface area (TPSA) is 99.1 Å². The molecule has 0 aliphatic carbocycles. The summed E-state index contributed by atoms with van der Waals surface area (Å²) in [6.07, 6.45) is 5.94. The van der Waals surface area contributed by atoms with Gasteiger partial charge in [0.25, 0.3) is 10.0 Å². The standard InChI is InChI=1S/C23H38N6O4S/c1-18-6-4-5-9-29(18)22(30)17-26-12-14-27(15-13-26)23(31)20-7-10-28(11-8-20)34(32,33)21-16-25(3)19(2)24-21/h16,18,20H,4-15,17H2,1-3H3. The minimum Gasteiger partial charge on any atom is -0.340 e. The Bertz CT molecular complexity index is 974. The zero-order chi connectivity index (χ0) is 24.5. The zero-order valence-electron chi connectivity index (χ0n) is 20.6. The van der Waals surface area contributed by atoms with Crippen LogP contribution in [0.2, 0.25) is 0 Å². The van der Waals surface area contributed by atoms with E-state index in [0.29, 0.717) is 70.5 Å². The van der Waals surface area contributed by atoms with E-state index in [1.54, 1.807) is 18.5 Å². The maximum absolute atomic E-state index is 13.1. The summed E-state index contributed by atoms with van der Waals surface area (Å²) in [5.74, 6) is 0.805. The first-order chi connectivity index (χ1) is 16.2. The molecule has 0 spiro atoms. The molecular weight excluding hydrogens is 456 g/mol. The number of rotatable bonds is 5. The number of amides is 2. The van der Waals surface area contributed by atoms with Gasteiger partial charge in [-0.2, -0.15) is 4.31 Å². The molecule has 3 fully saturated rings. The number of hydrogen-bond acceptors (Lipinski definition) is 6. The molecule has 0 bridgehead atoms. The van der Waals surface area contributed by atoms with Gasteiger partial charge in [-0.25, -0.2) is 13.4 Å². The Morgan fingerprint density at radius 2 is 1.68 bits per heavy atom. The Labute approximate surface area is 202 Å². The molecule has 0 N–H and O–H groups in total. The van der Waals surface area contributed by atoms with E-state index in [2.05, 4.69) is 16.8 Å². The average Bonchev–Trinajstić information content (AvgIpc) is 3.18. The van der Waals surface area contributed by atoms with Crippen molar-refractivity contribution in [2.75, 3.05) is 52.4 Å². The first-order valence-electron chi connectivity index (χ1n) is 12.5. The van der Waals surface area contributed by atoms with E-state index >= 15 is 0 Å². The molecule has 1 unspecified atom stereocenters. The van der Waals surface area contributed by atoms with Crippen molar-refractivity contribution < 1.29 is 18.0 Å². The number of piperazine rings is 1. The Hall–Kier alpha value is -1.98. The summed E-state index contributed by atoms with van der Waals surface area (Å²) in [5, 5.41) is 0.0712. The van der Waals surface area contributed by atoms with Crippen LogP contribution in [0.4, 0.5) is 0 Å². The number of carbonyl (C=O) groups excluding carboxylic acids is 2. The summed E-state index contributed by atoms with van der Waals surface area (Å²) in [6.45, 7) is 8.48. The largest absolute Gasteiger partial charge is 0.340 e. The summed E-state index contributed by atoms with van der Waals surface area (Å²) in [6, 6.07) is 0.320. The van der Waals surface area contributed by atoms with Gasteiger partial charge in [-0.15, -0.1) is 0 Å². The zero-order valence-corrected chi connectivity index (χ0v) is 21.5. The Morgan fingerprint density at radius 3 is 2.26 bits per heavy atom. The van der Waals surface area contributed by atoms with E-state index in [9.17, 15) is 18.0 Å². The molecule has 190 valence electrons. The van der Waals surface area contributed by atoms with Crippen LogP contribution in [0.15, 0.2) is 11.2 Å². The van der Waals surface area contributed by atoms with Gasteiger partial charge in [0.1, 0.15) is 5.82 Å². The molecule has 0 saturated carbocycles. The lowest BCUT2D eigenvalue weighted by Crippen LogP contribution is -2.54. The van der Waals surface area contributed by atoms with E-state index in [4.69, 9.17) is 0 Å². The van der Waals surface area contributed by atoms with E-state index in [0.717, 1.165) is 19.4 Å². The Balaban J connectivity index is 1.24. The van der Waals surface area contributed by atoms with Crippen molar-refractivity contribution in [1.82, 2.24) is 28.6 Å². The van der Waals surface area contributed by atoms with Gasteiger partial charge in [0.15, 0.2) is 5.03 Å². The van der Waals surface area contributed by atoms with Gasteiger partial charge in [0.05, 0.1) is 6.54 Å². The van der Waals surface area contributed by atoms with Crippen LogP contribution in [0.25, 0.3) is 0 Å². The number of carbonyl (C=O) groups is 2. The molecule has 1 aromatic heterocycles. The predicted octanol–water partition coefficient (Wildman–Crippen LogP) is 0.674. The maximum atomic E-state index is 13.1. The summed E-state index contributed by atoms with van der Waals surface area (Å²) < 4.78 is 29.0. The molecule has 3 aliphatic rings. The fraction of sp³-hybridized carbons (Fsp3) is 0.783. The summed E-state index contributed by atoms with van der Waals surface area (Å²) >= 11 is 0. The van der Waals surface area contributed by atoms with Crippen molar-refractivity contribution in [3.63, 3.8) is 0 Å². The number of piperidine rings is 2. The van der Waals surface area contributed by atoms with Gasteiger partial charge in [-0.3, -0.25) is 14.5 Å². The monoisotopic (exact) mass is 494 g/mol. The predicted molar refractivity (Wildman–Crippen MR) is 127 cm³/mol. The van der Waals surface area contributed by atoms with Gasteiger partial charge in [0.2, 0.25) is 11.8 Å². The molecule has 34 heavy (non-hydrogen) atoms. The van der Waals surface area contributed by atoms with Crippen molar-refractivity contribution >= 4 is 21.8 Å². The second kappa shape index (κ2) is 10.3. The maximum Gasteiger partial charge on any atom is 0.262 e. The van der Waals surface area contributed by atoms with Gasteiger partial charge < -0.3 is 14.4 Å². The fourth-order valence-corrected chi connectivity index (χ4v) is 6.76. The summed E-state index contributed by atoms with van der Waals surface area (Å²) in [4.78, 5) is 36.0. The van der Waals surface area contributed by atoms with Gasteiger partial charge >= 0.3 is 0 Å². The number of nitrogens with zero attached hydrogens (tertiary/aromatic N) is 6. The van der Waals surface area contributed by atoms with Crippen LogP contribution in [-0.4, -0.2) is 107 Å². The molecule has 4 heterocycles. The quantitative estimate of drug-likeness (QED) is 0.597. The number of sulfonamides is 1. The SMILES string of the molecule is Cc1nc(S(=O)(=O)N2CCC(C(=O)N3CCN(CC(=O)N4CCCCC4C)CC3)CC2)cn1C. The molecule has 0 radical (unpaired) electrons. The highest BCUT2D eigenvalue weighted by Gasteiger charge is 2.36. The molecule has 0 aromatic carbocycles. The second-order valence-corrected chi connectivity index (χ2v) is 11.8. The molecule has 1 aromatic rings. The van der Waals surface area contributed by atoms with Crippen LogP contribution in [0.3, 0.4) is 0 Å². The lowest BCUT2D eigenvalue weighted by atomic mass is 9.96. The summed E-state index contributed by atoms with van der Waals surface area (Å²) in [5.41, 5.74) is 0. The number of aromatic nitrogens is 2. The lowest BCUT2D eigenvalue weighted by Gasteiger charge is -2.39. The van der Waals surface area contributed by atoms with Gasteiger partial charge in [0, 0.05) is 71.0 Å². The van der Waals surface area contributed by atoms with Gasteiger partial charge in [-0.1, -0.05) is 0 Å². The van der Waals surface area contributed by atoms with E-state index in [1.165, 1.54) is 16.9 Å².